The van der Waals surface area contributed by atoms with E-state index in [1.165, 1.54) is 18.7 Å². The van der Waals surface area contributed by atoms with Crippen molar-refractivity contribution in [3.63, 3.8) is 0 Å². The number of ether oxygens (including phenoxy) is 1. The van der Waals surface area contributed by atoms with Gasteiger partial charge in [0.25, 0.3) is 0 Å². The lowest BCUT2D eigenvalue weighted by atomic mass is 10.1. The van der Waals surface area contributed by atoms with Crippen LogP contribution in [0.25, 0.3) is 0 Å². The summed E-state index contributed by atoms with van der Waals surface area (Å²) in [5.74, 6) is 0.0116. The second kappa shape index (κ2) is 9.29. The highest BCUT2D eigenvalue weighted by Crippen LogP contribution is 2.10. The minimum atomic E-state index is -0.227. The molecule has 2 saturated heterocycles. The molecule has 0 saturated carbocycles. The van der Waals surface area contributed by atoms with E-state index in [1.54, 1.807) is 0 Å². The van der Waals surface area contributed by atoms with Crippen LogP contribution < -0.4 is 10.6 Å². The summed E-state index contributed by atoms with van der Waals surface area (Å²) in [5, 5.41) is 6.15. The maximum absolute atomic E-state index is 12.1. The standard InChI is InChI=1S/C19H30N4O2/c1-2-22-8-10-23(11-9-22)14-17-5-3-16(4-6-17)13-21-19(24)18-15-25-12-7-20-18/h3-6,18,20H,2,7-15H2,1H3,(H,21,24). The van der Waals surface area contributed by atoms with Gasteiger partial charge in [0.2, 0.25) is 5.91 Å². The highest BCUT2D eigenvalue weighted by Gasteiger charge is 2.20. The van der Waals surface area contributed by atoms with Crippen molar-refractivity contribution in [2.24, 2.45) is 0 Å². The maximum Gasteiger partial charge on any atom is 0.239 e. The lowest BCUT2D eigenvalue weighted by Crippen LogP contribution is -2.51. The first-order valence-electron chi connectivity index (χ1n) is 9.36. The molecule has 2 heterocycles. The van der Waals surface area contributed by atoms with Crippen LogP contribution in [0.3, 0.4) is 0 Å². The molecule has 2 aliphatic heterocycles. The number of hydrogen-bond donors (Lipinski definition) is 2. The first kappa shape index (κ1) is 18.3. The van der Waals surface area contributed by atoms with Crippen molar-refractivity contribution in [2.45, 2.75) is 26.1 Å². The number of nitrogens with zero attached hydrogens (tertiary/aromatic N) is 2. The Balaban J connectivity index is 1.42. The molecule has 6 heteroatoms. The van der Waals surface area contributed by atoms with Crippen LogP contribution in [0.4, 0.5) is 0 Å². The molecule has 6 nitrogen and oxygen atoms in total. The van der Waals surface area contributed by atoms with E-state index in [9.17, 15) is 4.79 Å². The molecule has 1 atom stereocenters. The van der Waals surface area contributed by atoms with E-state index in [0.717, 1.165) is 38.3 Å². The molecule has 3 rings (SSSR count). The highest BCUT2D eigenvalue weighted by atomic mass is 16.5. The predicted molar refractivity (Wildman–Crippen MR) is 98.3 cm³/mol. The van der Waals surface area contributed by atoms with Crippen LogP contribution in [-0.4, -0.2) is 74.2 Å². The Bertz CT molecular complexity index is 535. The fourth-order valence-electron chi connectivity index (χ4n) is 3.33. The third-order valence-electron chi connectivity index (χ3n) is 5.05. The van der Waals surface area contributed by atoms with E-state index in [1.807, 2.05) is 0 Å². The van der Waals surface area contributed by atoms with Gasteiger partial charge >= 0.3 is 0 Å². The quantitative estimate of drug-likeness (QED) is 0.782. The summed E-state index contributed by atoms with van der Waals surface area (Å²) in [4.78, 5) is 17.1. The van der Waals surface area contributed by atoms with Gasteiger partial charge in [-0.1, -0.05) is 31.2 Å². The zero-order valence-electron chi connectivity index (χ0n) is 15.2. The monoisotopic (exact) mass is 346 g/mol. The van der Waals surface area contributed by atoms with Gasteiger partial charge in [-0.15, -0.1) is 0 Å². The summed E-state index contributed by atoms with van der Waals surface area (Å²) in [6.07, 6.45) is 0. The second-order valence-electron chi connectivity index (χ2n) is 6.83. The van der Waals surface area contributed by atoms with Crippen molar-refractivity contribution in [3.05, 3.63) is 35.4 Å². The fraction of sp³-hybridized carbons (Fsp3) is 0.632. The van der Waals surface area contributed by atoms with Crippen LogP contribution in [0.2, 0.25) is 0 Å². The molecule has 25 heavy (non-hydrogen) atoms. The summed E-state index contributed by atoms with van der Waals surface area (Å²) in [7, 11) is 0. The molecule has 1 aromatic rings. The summed E-state index contributed by atoms with van der Waals surface area (Å²) >= 11 is 0. The molecule has 0 spiro atoms. The first-order chi connectivity index (χ1) is 12.2. The summed E-state index contributed by atoms with van der Waals surface area (Å²) < 4.78 is 5.33. The van der Waals surface area contributed by atoms with Gasteiger partial charge in [-0.05, 0) is 17.7 Å². The first-order valence-corrected chi connectivity index (χ1v) is 9.36. The number of benzene rings is 1. The van der Waals surface area contributed by atoms with Gasteiger partial charge < -0.3 is 20.3 Å². The zero-order valence-corrected chi connectivity index (χ0v) is 15.2. The molecule has 0 bridgehead atoms. The molecule has 0 radical (unpaired) electrons. The lowest BCUT2D eigenvalue weighted by Gasteiger charge is -2.34. The van der Waals surface area contributed by atoms with Gasteiger partial charge in [0, 0.05) is 45.8 Å². The van der Waals surface area contributed by atoms with Crippen molar-refractivity contribution in [2.75, 3.05) is 52.5 Å². The Morgan fingerprint density at radius 2 is 1.84 bits per heavy atom. The van der Waals surface area contributed by atoms with Crippen LogP contribution in [0.5, 0.6) is 0 Å². The minimum Gasteiger partial charge on any atom is -0.378 e. The third-order valence-corrected chi connectivity index (χ3v) is 5.05. The highest BCUT2D eigenvalue weighted by molar-refractivity contribution is 5.81. The van der Waals surface area contributed by atoms with E-state index >= 15 is 0 Å². The van der Waals surface area contributed by atoms with Gasteiger partial charge in [0.1, 0.15) is 6.04 Å². The maximum atomic E-state index is 12.1. The van der Waals surface area contributed by atoms with Gasteiger partial charge in [0.15, 0.2) is 0 Å². The van der Waals surface area contributed by atoms with E-state index in [0.29, 0.717) is 19.8 Å². The van der Waals surface area contributed by atoms with Crippen LogP contribution in [0.1, 0.15) is 18.1 Å². The molecule has 2 N–H and O–H groups in total. The second-order valence-corrected chi connectivity index (χ2v) is 6.83. The number of carbonyl (C=O) groups excluding carboxylic acids is 1. The van der Waals surface area contributed by atoms with Crippen molar-refractivity contribution in [1.82, 2.24) is 20.4 Å². The van der Waals surface area contributed by atoms with Crippen molar-refractivity contribution < 1.29 is 9.53 Å². The van der Waals surface area contributed by atoms with Crippen molar-refractivity contribution in [3.8, 4) is 0 Å². The van der Waals surface area contributed by atoms with E-state index in [-0.39, 0.29) is 11.9 Å². The van der Waals surface area contributed by atoms with Gasteiger partial charge in [-0.25, -0.2) is 0 Å². The van der Waals surface area contributed by atoms with Crippen LogP contribution in [0.15, 0.2) is 24.3 Å². The number of hydrogen-bond acceptors (Lipinski definition) is 5. The number of rotatable bonds is 6. The predicted octanol–water partition coefficient (Wildman–Crippen LogP) is 0.429. The average molecular weight is 346 g/mol. The average Bonchev–Trinajstić information content (AvgIpc) is 2.68. The van der Waals surface area contributed by atoms with Crippen LogP contribution >= 0.6 is 0 Å². The molecular formula is C19H30N4O2. The molecule has 2 aliphatic rings. The third kappa shape index (κ3) is 5.51. The number of carbonyl (C=O) groups is 1. The SMILES string of the molecule is CCN1CCN(Cc2ccc(CNC(=O)C3COCCN3)cc2)CC1. The Morgan fingerprint density at radius 3 is 2.48 bits per heavy atom. The van der Waals surface area contributed by atoms with Gasteiger partial charge in [-0.3, -0.25) is 9.69 Å². The fourth-order valence-corrected chi connectivity index (χ4v) is 3.33. The van der Waals surface area contributed by atoms with E-state index in [2.05, 4.69) is 51.6 Å². The number of nitrogens with one attached hydrogen (secondary N) is 2. The Hall–Kier alpha value is -1.47. The molecule has 1 aromatic carbocycles. The number of likely N-dealkylation sites (N-methyl/N-ethyl adjacent to an activating group) is 1. The largest absolute Gasteiger partial charge is 0.378 e. The van der Waals surface area contributed by atoms with Gasteiger partial charge in [0.05, 0.1) is 13.2 Å². The Labute approximate surface area is 150 Å². The van der Waals surface area contributed by atoms with Crippen molar-refractivity contribution in [1.29, 1.82) is 0 Å². The van der Waals surface area contributed by atoms with Crippen LogP contribution in [-0.2, 0) is 22.6 Å². The number of piperazine rings is 1. The summed E-state index contributed by atoms with van der Waals surface area (Å²) in [6, 6.07) is 8.35. The molecule has 138 valence electrons. The number of morpholine rings is 1. The summed E-state index contributed by atoms with van der Waals surface area (Å²) in [6.45, 7) is 11.4. The lowest BCUT2D eigenvalue weighted by molar-refractivity contribution is -0.126. The van der Waals surface area contributed by atoms with Crippen LogP contribution in [0, 0.1) is 0 Å². The molecule has 2 fully saturated rings. The van der Waals surface area contributed by atoms with Crippen molar-refractivity contribution >= 4 is 5.91 Å². The van der Waals surface area contributed by atoms with E-state index < -0.39 is 0 Å². The zero-order chi connectivity index (χ0) is 17.5. The smallest absolute Gasteiger partial charge is 0.239 e. The summed E-state index contributed by atoms with van der Waals surface area (Å²) in [5.41, 5.74) is 2.46. The molecule has 1 amide bonds. The van der Waals surface area contributed by atoms with Gasteiger partial charge in [-0.2, -0.15) is 0 Å². The Morgan fingerprint density at radius 1 is 1.16 bits per heavy atom. The Kier molecular flexibility index (Phi) is 6.81. The molecular weight excluding hydrogens is 316 g/mol. The molecule has 0 aromatic heterocycles. The normalized spacial score (nSPS) is 22.7. The number of amides is 1. The molecule has 1 unspecified atom stereocenters. The molecule has 0 aliphatic carbocycles. The van der Waals surface area contributed by atoms with E-state index in [4.69, 9.17) is 4.74 Å². The topological polar surface area (TPSA) is 56.8 Å². The minimum absolute atomic E-state index is 0.0116.